The number of aromatic nitrogens is 1. The number of para-hydroxylation sites is 1. The summed E-state index contributed by atoms with van der Waals surface area (Å²) in [4.78, 5) is 56.4. The second-order valence-corrected chi connectivity index (χ2v) is 11.7. The number of nitrogens with one attached hydrogen (secondary N) is 1. The molecule has 44 heavy (non-hydrogen) atoms. The van der Waals surface area contributed by atoms with Gasteiger partial charge in [0, 0.05) is 49.4 Å². The van der Waals surface area contributed by atoms with Crippen LogP contribution in [-0.4, -0.2) is 83.4 Å². The van der Waals surface area contributed by atoms with Crippen LogP contribution in [0.1, 0.15) is 39.2 Å². The van der Waals surface area contributed by atoms with Crippen molar-refractivity contribution in [2.45, 2.75) is 25.7 Å². The first-order valence-corrected chi connectivity index (χ1v) is 15.3. The summed E-state index contributed by atoms with van der Waals surface area (Å²) >= 11 is 1.52. The molecule has 2 aliphatic rings. The summed E-state index contributed by atoms with van der Waals surface area (Å²) < 4.78 is 11.9. The Balaban J connectivity index is 0.00000123. The van der Waals surface area contributed by atoms with E-state index in [0.29, 0.717) is 57.1 Å². The van der Waals surface area contributed by atoms with Crippen LogP contribution in [0.15, 0.2) is 64.4 Å². The number of rotatable bonds is 3. The van der Waals surface area contributed by atoms with Crippen LogP contribution >= 0.6 is 11.3 Å². The molecule has 0 aliphatic carbocycles. The Labute approximate surface area is 258 Å². The molecule has 4 heterocycles. The molecule has 2 aromatic carbocycles. The molecule has 2 atom stereocenters. The molecule has 6 rings (SSSR count). The van der Waals surface area contributed by atoms with Crippen LogP contribution in [0.4, 0.5) is 0 Å². The predicted octanol–water partition coefficient (Wildman–Crippen LogP) is 3.72. The van der Waals surface area contributed by atoms with Crippen LogP contribution in [0.5, 0.6) is 5.75 Å². The molecule has 11 nitrogen and oxygen atoms in total. The van der Waals surface area contributed by atoms with Gasteiger partial charge in [-0.05, 0) is 43.2 Å². The van der Waals surface area contributed by atoms with E-state index in [1.807, 2.05) is 60.8 Å². The van der Waals surface area contributed by atoms with Crippen LogP contribution in [-0.2, 0) is 20.8 Å². The minimum atomic E-state index is -0.422. The van der Waals surface area contributed by atoms with Gasteiger partial charge in [0.1, 0.15) is 11.3 Å². The first-order chi connectivity index (χ1) is 21.4. The van der Waals surface area contributed by atoms with Gasteiger partial charge in [0.05, 0.1) is 29.6 Å². The van der Waals surface area contributed by atoms with Gasteiger partial charge in [-0.2, -0.15) is 0 Å². The lowest BCUT2D eigenvalue weighted by molar-refractivity contribution is -0.130. The molecule has 12 heteroatoms. The van der Waals surface area contributed by atoms with Crippen LogP contribution in [0.2, 0.25) is 0 Å². The number of fused-ring (bicyclic) bond motifs is 5. The van der Waals surface area contributed by atoms with Crippen LogP contribution in [0, 0.1) is 12.8 Å². The fourth-order valence-electron chi connectivity index (χ4n) is 5.65. The van der Waals surface area contributed by atoms with Crippen molar-refractivity contribution in [1.29, 1.82) is 0 Å². The number of benzene rings is 2. The molecule has 3 amide bonds. The number of amides is 3. The van der Waals surface area contributed by atoms with Crippen molar-refractivity contribution < 1.29 is 33.4 Å². The smallest absolute Gasteiger partial charge is 0.290 e. The molecule has 1 fully saturated rings. The van der Waals surface area contributed by atoms with E-state index in [-0.39, 0.29) is 42.3 Å². The maximum absolute atomic E-state index is 13.5. The molecule has 2 aromatic heterocycles. The Bertz CT molecular complexity index is 1600. The number of carbonyl (C=O) groups excluding carboxylic acids is 3. The number of hydrogen-bond donors (Lipinski definition) is 2. The third-order valence-corrected chi connectivity index (χ3v) is 8.56. The van der Waals surface area contributed by atoms with Crippen molar-refractivity contribution in [3.05, 3.63) is 82.0 Å². The molecule has 230 valence electrons. The number of thiazole rings is 1. The standard InChI is InChI=1S/C31H32N4O5S.CH2O2/c1-20-33-23(19-41-20)16-29(36)35-17-25-21-7-4-8-24(14-21)39-13-5-11-34(12-10-32-30(37)26(25)18-35)31(38)28-15-22-6-2-3-9-27(22)40-28;2-1-3/h2-4,6-9,14-15,19,25-26H,5,10-13,16-18H2,1H3,(H,32,37);1H,(H,2,3)/t25-,26+;/m1./s1. The Kier molecular flexibility index (Phi) is 9.90. The fraction of sp³-hybridized carbons (Fsp3) is 0.344. The summed E-state index contributed by atoms with van der Waals surface area (Å²) in [5.41, 5.74) is 2.39. The highest BCUT2D eigenvalue weighted by atomic mass is 32.1. The van der Waals surface area contributed by atoms with E-state index in [2.05, 4.69) is 10.3 Å². The van der Waals surface area contributed by atoms with Crippen molar-refractivity contribution in [3.63, 3.8) is 0 Å². The average molecular weight is 619 g/mol. The van der Waals surface area contributed by atoms with Gasteiger partial charge < -0.3 is 29.4 Å². The summed E-state index contributed by atoms with van der Waals surface area (Å²) in [5, 5.41) is 13.6. The molecular weight excluding hydrogens is 584 g/mol. The molecular formula is C32H34N4O7S. The highest BCUT2D eigenvalue weighted by Crippen LogP contribution is 2.35. The third kappa shape index (κ3) is 7.25. The maximum atomic E-state index is 13.5. The molecule has 2 N–H and O–H groups in total. The number of likely N-dealkylation sites (tertiary alicyclic amines) is 1. The zero-order valence-corrected chi connectivity index (χ0v) is 25.1. The lowest BCUT2D eigenvalue weighted by atomic mass is 9.88. The number of carboxylic acid groups (broad SMARTS) is 1. The molecule has 0 unspecified atom stereocenters. The number of aryl methyl sites for hydroxylation is 1. The van der Waals surface area contributed by atoms with Crippen molar-refractivity contribution in [2.24, 2.45) is 5.92 Å². The van der Waals surface area contributed by atoms with Gasteiger partial charge in [-0.1, -0.05) is 30.3 Å². The van der Waals surface area contributed by atoms with Crippen molar-refractivity contribution in [3.8, 4) is 5.75 Å². The van der Waals surface area contributed by atoms with Crippen molar-refractivity contribution in [2.75, 3.05) is 39.3 Å². The molecule has 2 bridgehead atoms. The molecule has 0 saturated carbocycles. The van der Waals surface area contributed by atoms with Gasteiger partial charge in [-0.3, -0.25) is 19.2 Å². The number of ether oxygens (including phenoxy) is 1. The molecule has 0 radical (unpaired) electrons. The zero-order chi connectivity index (χ0) is 31.1. The van der Waals surface area contributed by atoms with Crippen LogP contribution in [0.3, 0.4) is 0 Å². The van der Waals surface area contributed by atoms with Gasteiger partial charge in [-0.15, -0.1) is 11.3 Å². The second-order valence-electron chi connectivity index (χ2n) is 10.7. The lowest BCUT2D eigenvalue weighted by Gasteiger charge is -2.24. The summed E-state index contributed by atoms with van der Waals surface area (Å²) in [6, 6.07) is 17.0. The van der Waals surface area contributed by atoms with Crippen LogP contribution < -0.4 is 10.1 Å². The second kappa shape index (κ2) is 14.2. The first kappa shape index (κ1) is 30.7. The lowest BCUT2D eigenvalue weighted by Crippen LogP contribution is -2.42. The normalized spacial score (nSPS) is 18.7. The SMILES string of the molecule is Cc1nc(CC(=O)N2C[C@@H]3C(=O)NCCN(C(=O)c4cc5ccccc5o4)CCCOc4cccc(c4)[C@H]3C2)cs1.O=CO. The van der Waals surface area contributed by atoms with E-state index in [1.54, 1.807) is 15.9 Å². The average Bonchev–Trinajstić information content (AvgIpc) is 3.76. The maximum Gasteiger partial charge on any atom is 0.290 e. The number of carbonyl (C=O) groups is 4. The van der Waals surface area contributed by atoms with E-state index >= 15 is 0 Å². The summed E-state index contributed by atoms with van der Waals surface area (Å²) in [6.07, 6.45) is 0.835. The molecule has 0 spiro atoms. The quantitative estimate of drug-likeness (QED) is 0.331. The fourth-order valence-corrected chi connectivity index (χ4v) is 6.26. The minimum absolute atomic E-state index is 0.0384. The first-order valence-electron chi connectivity index (χ1n) is 14.4. The van der Waals surface area contributed by atoms with Gasteiger partial charge in [0.25, 0.3) is 12.4 Å². The summed E-state index contributed by atoms with van der Waals surface area (Å²) in [7, 11) is 0. The minimum Gasteiger partial charge on any atom is -0.494 e. The zero-order valence-electron chi connectivity index (χ0n) is 24.3. The van der Waals surface area contributed by atoms with E-state index in [4.69, 9.17) is 19.1 Å². The highest BCUT2D eigenvalue weighted by molar-refractivity contribution is 7.09. The van der Waals surface area contributed by atoms with Gasteiger partial charge >= 0.3 is 0 Å². The Morgan fingerprint density at radius 3 is 2.66 bits per heavy atom. The van der Waals surface area contributed by atoms with Gasteiger partial charge in [0.15, 0.2) is 5.76 Å². The monoisotopic (exact) mass is 618 g/mol. The Morgan fingerprint density at radius 1 is 1.09 bits per heavy atom. The molecule has 4 aromatic rings. The van der Waals surface area contributed by atoms with Crippen molar-refractivity contribution >= 4 is 46.5 Å². The van der Waals surface area contributed by atoms with Crippen molar-refractivity contribution in [1.82, 2.24) is 20.1 Å². The number of hydrogen-bond acceptors (Lipinski definition) is 8. The van der Waals surface area contributed by atoms with E-state index in [0.717, 1.165) is 21.7 Å². The van der Waals surface area contributed by atoms with E-state index < -0.39 is 5.92 Å². The van der Waals surface area contributed by atoms with E-state index in [9.17, 15) is 14.4 Å². The third-order valence-electron chi connectivity index (χ3n) is 7.74. The Hall–Kier alpha value is -4.71. The van der Waals surface area contributed by atoms with Gasteiger partial charge in [0.2, 0.25) is 11.8 Å². The number of nitrogens with zero attached hydrogens (tertiary/aromatic N) is 3. The molecule has 2 aliphatic heterocycles. The summed E-state index contributed by atoms with van der Waals surface area (Å²) in [5.74, 6) is -0.0101. The Morgan fingerprint density at radius 2 is 1.89 bits per heavy atom. The topological polar surface area (TPSA) is 142 Å². The molecule has 1 saturated heterocycles. The predicted molar refractivity (Wildman–Crippen MR) is 164 cm³/mol. The number of furan rings is 1. The van der Waals surface area contributed by atoms with Gasteiger partial charge in [-0.25, -0.2) is 4.98 Å². The van der Waals surface area contributed by atoms with E-state index in [1.165, 1.54) is 11.3 Å². The summed E-state index contributed by atoms with van der Waals surface area (Å²) in [6.45, 7) is 3.95. The largest absolute Gasteiger partial charge is 0.494 e. The highest BCUT2D eigenvalue weighted by Gasteiger charge is 2.40. The van der Waals surface area contributed by atoms with Crippen LogP contribution in [0.25, 0.3) is 11.0 Å².